The number of piperidine rings is 2. The highest BCUT2D eigenvalue weighted by Gasteiger charge is 2.35. The zero-order valence-corrected chi connectivity index (χ0v) is 17.4. The van der Waals surface area contributed by atoms with E-state index < -0.39 is 6.10 Å². The van der Waals surface area contributed by atoms with Gasteiger partial charge in [-0.2, -0.15) is 5.26 Å². The fraction of sp³-hybridized carbons (Fsp3) is 0.636. The maximum atomic E-state index is 12.0. The first-order valence-electron chi connectivity index (χ1n) is 10.5. The van der Waals surface area contributed by atoms with Crippen molar-refractivity contribution < 1.29 is 14.6 Å². The summed E-state index contributed by atoms with van der Waals surface area (Å²) in [5, 5.41) is 22.2. The zero-order valence-electron chi connectivity index (χ0n) is 17.4. The Kier molecular flexibility index (Phi) is 7.48. The molecule has 2 fully saturated rings. The van der Waals surface area contributed by atoms with E-state index in [0.29, 0.717) is 36.2 Å². The smallest absolute Gasteiger partial charge is 0.234 e. The van der Waals surface area contributed by atoms with Gasteiger partial charge in [-0.15, -0.1) is 0 Å². The molecule has 2 saturated heterocycles. The molecule has 7 nitrogen and oxygen atoms in total. The fourth-order valence-corrected chi connectivity index (χ4v) is 4.51. The predicted molar refractivity (Wildman–Crippen MR) is 110 cm³/mol. The van der Waals surface area contributed by atoms with Gasteiger partial charge in [-0.3, -0.25) is 14.6 Å². The quantitative estimate of drug-likeness (QED) is 0.679. The number of nitriles is 1. The second-order valence-electron chi connectivity index (χ2n) is 8.70. The fourth-order valence-electron chi connectivity index (χ4n) is 4.51. The molecule has 2 N–H and O–H groups in total. The Morgan fingerprint density at radius 1 is 1.21 bits per heavy atom. The number of benzene rings is 1. The molecule has 3 rings (SSSR count). The second kappa shape index (κ2) is 10.1. The minimum atomic E-state index is -0.558. The Hall–Kier alpha value is -2.14. The van der Waals surface area contributed by atoms with Crippen LogP contribution in [0.15, 0.2) is 24.3 Å². The molecule has 2 heterocycles. The zero-order chi connectivity index (χ0) is 20.8. The highest BCUT2D eigenvalue weighted by atomic mass is 16.5. The van der Waals surface area contributed by atoms with E-state index in [1.165, 1.54) is 6.42 Å². The number of fused-ring (bicyclic) bond motifs is 2. The summed E-state index contributed by atoms with van der Waals surface area (Å²) in [6.45, 7) is 9.06. The van der Waals surface area contributed by atoms with Gasteiger partial charge in [0.05, 0.1) is 18.2 Å². The van der Waals surface area contributed by atoms with Gasteiger partial charge in [-0.1, -0.05) is 0 Å². The largest absolute Gasteiger partial charge is 0.491 e. The second-order valence-corrected chi connectivity index (χ2v) is 8.70. The Labute approximate surface area is 173 Å². The van der Waals surface area contributed by atoms with E-state index in [2.05, 4.69) is 21.2 Å². The van der Waals surface area contributed by atoms with Gasteiger partial charge < -0.3 is 15.2 Å². The number of aliphatic hydroxyl groups excluding tert-OH is 1. The van der Waals surface area contributed by atoms with Crippen molar-refractivity contribution in [3.05, 3.63) is 29.8 Å². The van der Waals surface area contributed by atoms with Crippen molar-refractivity contribution in [1.82, 2.24) is 15.1 Å². The number of ether oxygens (including phenoxy) is 1. The first-order valence-corrected chi connectivity index (χ1v) is 10.5. The van der Waals surface area contributed by atoms with Crippen LogP contribution in [-0.2, 0) is 4.79 Å². The normalized spacial score (nSPS) is 23.4. The molecule has 0 aliphatic carbocycles. The number of aliphatic hydroxyl groups is 1. The van der Waals surface area contributed by atoms with Crippen LogP contribution in [0.4, 0.5) is 0 Å². The van der Waals surface area contributed by atoms with Crippen molar-refractivity contribution in [3.8, 4) is 11.8 Å². The molecule has 3 atom stereocenters. The first-order chi connectivity index (χ1) is 13.9. The number of carbonyl (C=O) groups excluding carboxylic acids is 1. The third-order valence-electron chi connectivity index (χ3n) is 5.44. The molecule has 158 valence electrons. The van der Waals surface area contributed by atoms with Crippen molar-refractivity contribution in [2.75, 3.05) is 45.9 Å². The molecule has 2 aliphatic heterocycles. The number of nitrogens with one attached hydrogen (secondary N) is 1. The Balaban J connectivity index is 1.41. The summed E-state index contributed by atoms with van der Waals surface area (Å²) in [6.07, 6.45) is 0.647. The van der Waals surface area contributed by atoms with Gasteiger partial charge in [0, 0.05) is 38.8 Å². The van der Waals surface area contributed by atoms with Gasteiger partial charge in [-0.05, 0) is 56.4 Å². The molecule has 1 aromatic carbocycles. The first kappa shape index (κ1) is 21.6. The van der Waals surface area contributed by atoms with Crippen LogP contribution in [0.1, 0.15) is 25.8 Å². The number of β-amino-alcohol motifs (C(OH)–C–C–N with tert-alkyl or cyclic N) is 1. The average molecular weight is 401 g/mol. The molecule has 2 aliphatic rings. The van der Waals surface area contributed by atoms with Crippen LogP contribution in [0.3, 0.4) is 0 Å². The predicted octanol–water partition coefficient (Wildman–Crippen LogP) is 1.08. The van der Waals surface area contributed by atoms with E-state index >= 15 is 0 Å². The van der Waals surface area contributed by atoms with E-state index in [9.17, 15) is 9.90 Å². The summed E-state index contributed by atoms with van der Waals surface area (Å²) in [7, 11) is 0. The molecule has 0 spiro atoms. The minimum Gasteiger partial charge on any atom is -0.491 e. The number of hydrogen-bond acceptors (Lipinski definition) is 6. The standard InChI is InChI=1S/C22H32N4O3/c1-16(2)24-22(28)14-26-11-18-7-19(12-26)10-25(9-18)13-20(27)15-29-21-5-3-17(8-23)4-6-21/h3-6,16,18-20,27H,7,9-15H2,1-2H3,(H,24,28). The lowest BCUT2D eigenvalue weighted by atomic mass is 9.84. The molecular weight excluding hydrogens is 368 g/mol. The van der Waals surface area contributed by atoms with Crippen molar-refractivity contribution in [3.63, 3.8) is 0 Å². The van der Waals surface area contributed by atoms with Gasteiger partial charge in [-0.25, -0.2) is 0 Å². The van der Waals surface area contributed by atoms with Gasteiger partial charge >= 0.3 is 0 Å². The van der Waals surface area contributed by atoms with Crippen molar-refractivity contribution in [1.29, 1.82) is 5.26 Å². The van der Waals surface area contributed by atoms with Crippen molar-refractivity contribution >= 4 is 5.91 Å². The van der Waals surface area contributed by atoms with Crippen LogP contribution >= 0.6 is 0 Å². The maximum Gasteiger partial charge on any atom is 0.234 e. The number of likely N-dealkylation sites (tertiary alicyclic amines) is 2. The topological polar surface area (TPSA) is 88.8 Å². The van der Waals surface area contributed by atoms with Gasteiger partial charge in [0.15, 0.2) is 0 Å². The lowest BCUT2D eigenvalue weighted by molar-refractivity contribution is -0.123. The van der Waals surface area contributed by atoms with Crippen LogP contribution in [0.2, 0.25) is 0 Å². The molecule has 0 aromatic heterocycles. The third-order valence-corrected chi connectivity index (χ3v) is 5.44. The number of amides is 1. The molecule has 2 bridgehead atoms. The Bertz CT molecular complexity index is 702. The molecule has 1 amide bonds. The third kappa shape index (κ3) is 6.70. The summed E-state index contributed by atoms with van der Waals surface area (Å²) < 4.78 is 5.66. The van der Waals surface area contributed by atoms with Gasteiger partial charge in [0.25, 0.3) is 0 Å². The lowest BCUT2D eigenvalue weighted by Crippen LogP contribution is -2.55. The van der Waals surface area contributed by atoms with Crippen LogP contribution in [-0.4, -0.2) is 78.8 Å². The molecule has 0 radical (unpaired) electrons. The van der Waals surface area contributed by atoms with E-state index in [1.807, 2.05) is 13.8 Å². The highest BCUT2D eigenvalue weighted by Crippen LogP contribution is 2.28. The van der Waals surface area contributed by atoms with Crippen LogP contribution in [0.25, 0.3) is 0 Å². The summed E-state index contributed by atoms with van der Waals surface area (Å²) >= 11 is 0. The Morgan fingerprint density at radius 3 is 2.41 bits per heavy atom. The maximum absolute atomic E-state index is 12.0. The number of hydrogen-bond donors (Lipinski definition) is 2. The van der Waals surface area contributed by atoms with E-state index in [4.69, 9.17) is 10.00 Å². The van der Waals surface area contributed by atoms with Crippen LogP contribution in [0.5, 0.6) is 5.75 Å². The van der Waals surface area contributed by atoms with Crippen molar-refractivity contribution in [2.24, 2.45) is 11.8 Å². The number of rotatable bonds is 8. The summed E-state index contributed by atoms with van der Waals surface area (Å²) in [5.74, 6) is 1.85. The van der Waals surface area contributed by atoms with E-state index in [1.54, 1.807) is 24.3 Å². The molecule has 3 unspecified atom stereocenters. The SMILES string of the molecule is CC(C)NC(=O)CN1CC2CC(C1)CN(CC(O)COc1ccc(C#N)cc1)C2. The summed E-state index contributed by atoms with van der Waals surface area (Å²) in [4.78, 5) is 16.7. The Morgan fingerprint density at radius 2 is 1.83 bits per heavy atom. The molecule has 29 heavy (non-hydrogen) atoms. The van der Waals surface area contributed by atoms with Crippen molar-refractivity contribution in [2.45, 2.75) is 32.4 Å². The molecule has 1 aromatic rings. The average Bonchev–Trinajstić information content (AvgIpc) is 2.65. The van der Waals surface area contributed by atoms with E-state index in [0.717, 1.165) is 26.2 Å². The highest BCUT2D eigenvalue weighted by molar-refractivity contribution is 5.78. The van der Waals surface area contributed by atoms with Crippen LogP contribution < -0.4 is 10.1 Å². The minimum absolute atomic E-state index is 0.104. The number of carbonyl (C=O) groups is 1. The van der Waals surface area contributed by atoms with E-state index in [-0.39, 0.29) is 18.6 Å². The van der Waals surface area contributed by atoms with Gasteiger partial charge in [0.1, 0.15) is 18.5 Å². The summed E-state index contributed by atoms with van der Waals surface area (Å²) in [5.41, 5.74) is 0.591. The van der Waals surface area contributed by atoms with Gasteiger partial charge in [0.2, 0.25) is 5.91 Å². The lowest BCUT2D eigenvalue weighted by Gasteiger charge is -2.46. The van der Waals surface area contributed by atoms with Crippen LogP contribution in [0, 0.1) is 23.2 Å². The molecule has 0 saturated carbocycles. The summed E-state index contributed by atoms with van der Waals surface area (Å²) in [6, 6.07) is 9.17. The molecular formula is C22H32N4O3. The number of nitrogens with zero attached hydrogens (tertiary/aromatic N) is 3. The molecule has 7 heteroatoms. The monoisotopic (exact) mass is 400 g/mol.